The van der Waals surface area contributed by atoms with Gasteiger partial charge in [-0.1, -0.05) is 26.7 Å². The molecule has 0 atom stereocenters. The second-order valence-electron chi connectivity index (χ2n) is 4.40. The molecule has 1 N–H and O–H groups in total. The minimum Gasteiger partial charge on any atom is -0.316 e. The Kier molecular flexibility index (Phi) is 9.42. The van der Waals surface area contributed by atoms with Crippen molar-refractivity contribution in [2.75, 3.05) is 33.7 Å². The van der Waals surface area contributed by atoms with Crippen molar-refractivity contribution >= 4 is 0 Å². The van der Waals surface area contributed by atoms with Gasteiger partial charge >= 0.3 is 0 Å². The zero-order valence-corrected chi connectivity index (χ0v) is 10.5. The molecule has 0 heterocycles. The summed E-state index contributed by atoms with van der Waals surface area (Å²) in [6, 6.07) is 0. The number of nitrogens with zero attached hydrogens (tertiary/aromatic N) is 1. The molecule has 0 aromatic rings. The van der Waals surface area contributed by atoms with Crippen LogP contribution in [-0.4, -0.2) is 38.6 Å². The van der Waals surface area contributed by atoms with Crippen LogP contribution in [-0.2, 0) is 0 Å². The lowest BCUT2D eigenvalue weighted by Gasteiger charge is -2.13. The molecule has 0 unspecified atom stereocenters. The van der Waals surface area contributed by atoms with E-state index in [0.29, 0.717) is 0 Å². The first-order valence-electron chi connectivity index (χ1n) is 6.06. The molecule has 0 radical (unpaired) electrons. The van der Waals surface area contributed by atoms with Gasteiger partial charge < -0.3 is 10.2 Å². The van der Waals surface area contributed by atoms with E-state index in [9.17, 15) is 0 Å². The normalized spacial score (nSPS) is 11.6. The lowest BCUT2D eigenvalue weighted by Crippen LogP contribution is -2.24. The highest BCUT2D eigenvalue weighted by Gasteiger charge is 2.01. The Labute approximate surface area is 90.1 Å². The summed E-state index contributed by atoms with van der Waals surface area (Å²) in [7, 11) is 4.27. The lowest BCUT2D eigenvalue weighted by molar-refractivity contribution is 0.386. The van der Waals surface area contributed by atoms with Crippen LogP contribution in [0.15, 0.2) is 0 Å². The maximum Gasteiger partial charge on any atom is -0.00207 e. The van der Waals surface area contributed by atoms with E-state index in [1.165, 1.54) is 45.3 Å². The van der Waals surface area contributed by atoms with Crippen LogP contribution in [0.5, 0.6) is 0 Å². The standard InChI is InChI=1S/C12H28N2/c1-5-12(6-2)11-13-9-7-8-10-14(3)4/h12-13H,5-11H2,1-4H3. The minimum absolute atomic E-state index is 0.879. The number of rotatable bonds is 9. The van der Waals surface area contributed by atoms with E-state index in [0.717, 1.165) is 5.92 Å². The number of hydrogen-bond donors (Lipinski definition) is 1. The van der Waals surface area contributed by atoms with Gasteiger partial charge in [0.05, 0.1) is 0 Å². The molecule has 0 aliphatic carbocycles. The Morgan fingerprint density at radius 3 is 2.21 bits per heavy atom. The van der Waals surface area contributed by atoms with Gasteiger partial charge in [-0.3, -0.25) is 0 Å². The summed E-state index contributed by atoms with van der Waals surface area (Å²) in [6.45, 7) is 8.16. The van der Waals surface area contributed by atoms with Gasteiger partial charge in [0.2, 0.25) is 0 Å². The fourth-order valence-electron chi connectivity index (χ4n) is 1.56. The fraction of sp³-hybridized carbons (Fsp3) is 1.00. The predicted molar refractivity (Wildman–Crippen MR) is 64.7 cm³/mol. The molecule has 0 amide bonds. The molecule has 0 bridgehead atoms. The van der Waals surface area contributed by atoms with Gasteiger partial charge in [0.25, 0.3) is 0 Å². The summed E-state index contributed by atoms with van der Waals surface area (Å²) in [4.78, 5) is 2.25. The molecule has 0 spiro atoms. The van der Waals surface area contributed by atoms with Crippen LogP contribution in [0.3, 0.4) is 0 Å². The summed E-state index contributed by atoms with van der Waals surface area (Å²) in [6.07, 6.45) is 5.23. The maximum absolute atomic E-state index is 3.54. The molecule has 0 aromatic carbocycles. The topological polar surface area (TPSA) is 15.3 Å². The van der Waals surface area contributed by atoms with E-state index >= 15 is 0 Å². The highest BCUT2D eigenvalue weighted by atomic mass is 15.0. The molecule has 2 heteroatoms. The average Bonchev–Trinajstić information content (AvgIpc) is 2.16. The van der Waals surface area contributed by atoms with Crippen LogP contribution in [0.25, 0.3) is 0 Å². The number of unbranched alkanes of at least 4 members (excludes halogenated alkanes) is 1. The highest BCUT2D eigenvalue weighted by Crippen LogP contribution is 2.04. The molecule has 0 aliphatic heterocycles. The van der Waals surface area contributed by atoms with Crippen LogP contribution >= 0.6 is 0 Å². The molecule has 0 aliphatic rings. The van der Waals surface area contributed by atoms with E-state index < -0.39 is 0 Å². The van der Waals surface area contributed by atoms with Crippen molar-refractivity contribution < 1.29 is 0 Å². The molecule has 0 saturated heterocycles. The van der Waals surface area contributed by atoms with Crippen molar-refractivity contribution in [1.82, 2.24) is 10.2 Å². The van der Waals surface area contributed by atoms with Crippen molar-refractivity contribution in [1.29, 1.82) is 0 Å². The van der Waals surface area contributed by atoms with Gasteiger partial charge in [0, 0.05) is 0 Å². The van der Waals surface area contributed by atoms with Gasteiger partial charge in [0.15, 0.2) is 0 Å². The lowest BCUT2D eigenvalue weighted by atomic mass is 10.0. The fourth-order valence-corrected chi connectivity index (χ4v) is 1.56. The Balaban J connectivity index is 3.12. The largest absolute Gasteiger partial charge is 0.316 e. The van der Waals surface area contributed by atoms with E-state index in [4.69, 9.17) is 0 Å². The van der Waals surface area contributed by atoms with Crippen molar-refractivity contribution in [2.45, 2.75) is 39.5 Å². The average molecular weight is 200 g/mol. The Bertz CT molecular complexity index is 109. The van der Waals surface area contributed by atoms with E-state index in [2.05, 4.69) is 38.2 Å². The van der Waals surface area contributed by atoms with Crippen LogP contribution in [0.1, 0.15) is 39.5 Å². The van der Waals surface area contributed by atoms with E-state index in [1.807, 2.05) is 0 Å². The van der Waals surface area contributed by atoms with Crippen LogP contribution in [0.2, 0.25) is 0 Å². The summed E-state index contributed by atoms with van der Waals surface area (Å²) in [5, 5.41) is 3.54. The minimum atomic E-state index is 0.879. The molecule has 0 rings (SSSR count). The van der Waals surface area contributed by atoms with Gasteiger partial charge in [-0.15, -0.1) is 0 Å². The summed E-state index contributed by atoms with van der Waals surface area (Å²) >= 11 is 0. The third kappa shape index (κ3) is 8.52. The number of hydrogen-bond acceptors (Lipinski definition) is 2. The number of nitrogens with one attached hydrogen (secondary N) is 1. The van der Waals surface area contributed by atoms with Crippen LogP contribution in [0, 0.1) is 5.92 Å². The Morgan fingerprint density at radius 2 is 1.71 bits per heavy atom. The summed E-state index contributed by atoms with van der Waals surface area (Å²) < 4.78 is 0. The zero-order valence-electron chi connectivity index (χ0n) is 10.5. The second-order valence-corrected chi connectivity index (χ2v) is 4.40. The monoisotopic (exact) mass is 200 g/mol. The first-order valence-corrected chi connectivity index (χ1v) is 6.06. The quantitative estimate of drug-likeness (QED) is 0.575. The van der Waals surface area contributed by atoms with E-state index in [-0.39, 0.29) is 0 Å². The van der Waals surface area contributed by atoms with Crippen LogP contribution < -0.4 is 5.32 Å². The second kappa shape index (κ2) is 9.47. The van der Waals surface area contributed by atoms with Crippen molar-refractivity contribution in [2.24, 2.45) is 5.92 Å². The molecule has 0 aromatic heterocycles. The first-order chi connectivity index (χ1) is 6.70. The molecule has 2 nitrogen and oxygen atoms in total. The van der Waals surface area contributed by atoms with Gasteiger partial charge in [-0.2, -0.15) is 0 Å². The molecule has 14 heavy (non-hydrogen) atoms. The van der Waals surface area contributed by atoms with Crippen molar-refractivity contribution in [3.63, 3.8) is 0 Å². The molecule has 0 fully saturated rings. The van der Waals surface area contributed by atoms with Gasteiger partial charge in [-0.05, 0) is 52.5 Å². The zero-order chi connectivity index (χ0) is 10.8. The third-order valence-electron chi connectivity index (χ3n) is 2.80. The van der Waals surface area contributed by atoms with Gasteiger partial charge in [0.1, 0.15) is 0 Å². The molecule has 0 saturated carbocycles. The smallest absolute Gasteiger partial charge is 0.00207 e. The maximum atomic E-state index is 3.54. The van der Waals surface area contributed by atoms with Gasteiger partial charge in [-0.25, -0.2) is 0 Å². The summed E-state index contributed by atoms with van der Waals surface area (Å²) in [5.41, 5.74) is 0. The third-order valence-corrected chi connectivity index (χ3v) is 2.80. The van der Waals surface area contributed by atoms with Crippen molar-refractivity contribution in [3.05, 3.63) is 0 Å². The van der Waals surface area contributed by atoms with E-state index in [1.54, 1.807) is 0 Å². The first kappa shape index (κ1) is 13.9. The Hall–Kier alpha value is -0.0800. The van der Waals surface area contributed by atoms with Crippen molar-refractivity contribution in [3.8, 4) is 0 Å². The predicted octanol–water partition coefficient (Wildman–Crippen LogP) is 2.35. The SMILES string of the molecule is CCC(CC)CNCCCCN(C)C. The summed E-state index contributed by atoms with van der Waals surface area (Å²) in [5.74, 6) is 0.879. The molecular weight excluding hydrogens is 172 g/mol. The molecule has 86 valence electrons. The Morgan fingerprint density at radius 1 is 1.07 bits per heavy atom. The van der Waals surface area contributed by atoms with Crippen LogP contribution in [0.4, 0.5) is 0 Å². The molecular formula is C12H28N2. The highest BCUT2D eigenvalue weighted by molar-refractivity contribution is 4.58.